The van der Waals surface area contributed by atoms with Crippen LogP contribution >= 0.6 is 35.0 Å². The Morgan fingerprint density at radius 3 is 2.62 bits per heavy atom. The molecule has 34 heavy (non-hydrogen) atoms. The first-order valence-corrected chi connectivity index (χ1v) is 11.7. The first-order chi connectivity index (χ1) is 16.3. The molecule has 176 valence electrons. The highest BCUT2D eigenvalue weighted by molar-refractivity contribution is 8.26. The van der Waals surface area contributed by atoms with Crippen molar-refractivity contribution < 1.29 is 19.0 Å². The number of carbonyl (C=O) groups excluding carboxylic acids is 1. The Kier molecular flexibility index (Phi) is 7.16. The van der Waals surface area contributed by atoms with E-state index in [1.165, 1.54) is 30.0 Å². The average Bonchev–Trinajstić information content (AvgIpc) is 3.17. The summed E-state index contributed by atoms with van der Waals surface area (Å²) in [5.74, 6) is 0.852. The van der Waals surface area contributed by atoms with Crippen molar-refractivity contribution >= 4 is 63.0 Å². The second-order valence-corrected chi connectivity index (χ2v) is 9.26. The molecule has 1 amide bonds. The topological polar surface area (TPSA) is 96.6 Å². The molecule has 8 nitrogen and oxygen atoms in total. The number of hydrazone groups is 1. The zero-order chi connectivity index (χ0) is 24.4. The largest absolute Gasteiger partial charge is 0.493 e. The fourth-order valence-corrected chi connectivity index (χ4v) is 4.35. The van der Waals surface area contributed by atoms with E-state index < -0.39 is 5.91 Å². The van der Waals surface area contributed by atoms with Gasteiger partial charge in [-0.1, -0.05) is 23.2 Å². The van der Waals surface area contributed by atoms with Crippen molar-refractivity contribution in [2.75, 3.05) is 20.3 Å². The van der Waals surface area contributed by atoms with Gasteiger partial charge in [0.25, 0.3) is 5.91 Å². The van der Waals surface area contributed by atoms with E-state index in [0.29, 0.717) is 38.0 Å². The summed E-state index contributed by atoms with van der Waals surface area (Å²) in [4.78, 5) is 16.5. The smallest absolute Gasteiger partial charge is 0.283 e. The minimum absolute atomic E-state index is 0.0515. The Labute approximate surface area is 210 Å². The van der Waals surface area contributed by atoms with Gasteiger partial charge in [-0.05, 0) is 73.1 Å². The monoisotopic (exact) mass is 518 g/mol. The molecule has 2 aliphatic rings. The van der Waals surface area contributed by atoms with Gasteiger partial charge >= 0.3 is 0 Å². The van der Waals surface area contributed by atoms with E-state index in [1.54, 1.807) is 31.2 Å². The summed E-state index contributed by atoms with van der Waals surface area (Å²) in [6.07, 6.45) is 1.53. The maximum Gasteiger partial charge on any atom is 0.283 e. The third-order valence-corrected chi connectivity index (χ3v) is 6.37. The lowest BCUT2D eigenvalue weighted by Gasteiger charge is -2.20. The van der Waals surface area contributed by atoms with Crippen LogP contribution in [0.5, 0.6) is 17.2 Å². The molecule has 2 heterocycles. The molecule has 0 radical (unpaired) electrons. The number of benzene rings is 2. The van der Waals surface area contributed by atoms with Crippen LogP contribution in [0.1, 0.15) is 18.1 Å². The minimum Gasteiger partial charge on any atom is -0.493 e. The van der Waals surface area contributed by atoms with Crippen LogP contribution in [0.3, 0.4) is 0 Å². The fraction of sp³-hybridized carbons (Fsp3) is 0.217. The number of aryl methyl sites for hydroxylation is 1. The molecule has 0 saturated carbocycles. The van der Waals surface area contributed by atoms with Crippen molar-refractivity contribution in [3.8, 4) is 17.2 Å². The lowest BCUT2D eigenvalue weighted by molar-refractivity contribution is -0.114. The van der Waals surface area contributed by atoms with Crippen LogP contribution in [-0.4, -0.2) is 47.3 Å². The van der Waals surface area contributed by atoms with E-state index in [-0.39, 0.29) is 29.6 Å². The number of halogens is 2. The van der Waals surface area contributed by atoms with E-state index in [4.69, 9.17) is 42.8 Å². The summed E-state index contributed by atoms with van der Waals surface area (Å²) in [5.41, 5.74) is 1.58. The first-order valence-electron chi connectivity index (χ1n) is 10.1. The second-order valence-electron chi connectivity index (χ2n) is 7.28. The third kappa shape index (κ3) is 5.06. The maximum atomic E-state index is 12.5. The molecule has 0 atom stereocenters. The number of methoxy groups -OCH3 is 1. The zero-order valence-electron chi connectivity index (χ0n) is 18.5. The highest BCUT2D eigenvalue weighted by Gasteiger charge is 2.34. The van der Waals surface area contributed by atoms with E-state index in [2.05, 4.69) is 10.1 Å². The molecule has 1 N–H and O–H groups in total. The van der Waals surface area contributed by atoms with E-state index in [1.807, 2.05) is 13.0 Å². The molecule has 4 rings (SSSR count). The number of nitrogens with zero attached hydrogens (tertiary/aromatic N) is 3. The lowest BCUT2D eigenvalue weighted by atomic mass is 10.1. The molecule has 0 unspecified atom stereocenters. The van der Waals surface area contributed by atoms with Gasteiger partial charge < -0.3 is 14.2 Å². The number of hydrogen-bond acceptors (Lipinski definition) is 7. The molecule has 0 bridgehead atoms. The highest BCUT2D eigenvalue weighted by Crippen LogP contribution is 2.37. The molecule has 2 aromatic carbocycles. The van der Waals surface area contributed by atoms with Gasteiger partial charge in [-0.25, -0.2) is 0 Å². The van der Waals surface area contributed by atoms with Crippen LogP contribution in [0.15, 0.2) is 46.0 Å². The van der Waals surface area contributed by atoms with Crippen LogP contribution < -0.4 is 14.2 Å². The molecular formula is C23H20Cl2N4O4S. The summed E-state index contributed by atoms with van der Waals surface area (Å²) < 4.78 is 16.9. The molecule has 0 saturated heterocycles. The van der Waals surface area contributed by atoms with Crippen LogP contribution in [0.2, 0.25) is 10.0 Å². The number of amidine groups is 2. The molecule has 11 heteroatoms. The van der Waals surface area contributed by atoms with Gasteiger partial charge in [0.1, 0.15) is 19.0 Å². The van der Waals surface area contributed by atoms with Gasteiger partial charge in [0, 0.05) is 5.02 Å². The number of rotatable bonds is 7. The Balaban J connectivity index is 1.48. The van der Waals surface area contributed by atoms with Crippen LogP contribution in [0.4, 0.5) is 0 Å². The molecule has 2 aromatic rings. The number of hydrogen-bond donors (Lipinski definition) is 1. The number of aliphatic imine (C=N–C) groups is 1. The molecule has 0 fully saturated rings. The fourth-order valence-electron chi connectivity index (χ4n) is 3.23. The molecule has 0 aliphatic carbocycles. The normalized spacial score (nSPS) is 16.4. The van der Waals surface area contributed by atoms with Crippen molar-refractivity contribution in [3.63, 3.8) is 0 Å². The summed E-state index contributed by atoms with van der Waals surface area (Å²) in [5, 5.41) is 16.0. The van der Waals surface area contributed by atoms with E-state index >= 15 is 0 Å². The first kappa shape index (κ1) is 24.1. The number of ether oxygens (including phenoxy) is 3. The SMILES string of the molecule is COc1cc(/C=C2\C(=N)N3N=C(C)SC3=NC2=O)cc(Cl)c1OCCOc1ccc(Cl)c(C)c1. The minimum atomic E-state index is -0.515. The van der Waals surface area contributed by atoms with Crippen LogP contribution in [0.25, 0.3) is 6.08 Å². The lowest BCUT2D eigenvalue weighted by Crippen LogP contribution is -2.35. The Hall–Kier alpha value is -3.01. The van der Waals surface area contributed by atoms with Gasteiger partial charge in [-0.15, -0.1) is 0 Å². The highest BCUT2D eigenvalue weighted by atomic mass is 35.5. The number of carbonyl (C=O) groups is 1. The van der Waals surface area contributed by atoms with Crippen molar-refractivity contribution in [2.24, 2.45) is 10.1 Å². The second kappa shape index (κ2) is 10.1. The predicted octanol–water partition coefficient (Wildman–Crippen LogP) is 5.41. The Bertz CT molecular complexity index is 1280. The third-order valence-electron chi connectivity index (χ3n) is 4.85. The number of amides is 1. The van der Waals surface area contributed by atoms with Gasteiger partial charge in [0.2, 0.25) is 5.17 Å². The van der Waals surface area contributed by atoms with Crippen molar-refractivity contribution in [2.45, 2.75) is 13.8 Å². The van der Waals surface area contributed by atoms with Crippen LogP contribution in [0, 0.1) is 12.3 Å². The van der Waals surface area contributed by atoms with Crippen molar-refractivity contribution in [1.82, 2.24) is 5.01 Å². The summed E-state index contributed by atoms with van der Waals surface area (Å²) in [7, 11) is 1.49. The molecule has 0 spiro atoms. The number of nitrogens with one attached hydrogen (secondary N) is 1. The Morgan fingerprint density at radius 1 is 1.12 bits per heavy atom. The summed E-state index contributed by atoms with van der Waals surface area (Å²) in [6, 6.07) is 8.71. The summed E-state index contributed by atoms with van der Waals surface area (Å²) in [6.45, 7) is 4.20. The maximum absolute atomic E-state index is 12.5. The number of thioether (sulfide) groups is 1. The summed E-state index contributed by atoms with van der Waals surface area (Å²) >= 11 is 13.7. The van der Waals surface area contributed by atoms with Gasteiger partial charge in [-0.3, -0.25) is 10.2 Å². The Morgan fingerprint density at radius 2 is 1.88 bits per heavy atom. The van der Waals surface area contributed by atoms with Gasteiger partial charge in [0.15, 0.2) is 17.3 Å². The standard InChI is InChI=1S/C23H20Cl2N4O4S/c1-12-8-15(4-5-17(12)24)32-6-7-33-20-18(25)10-14(11-19(20)31-3)9-16-21(26)29-23(27-22(16)30)34-13(2)28-29/h4-5,8-11,26H,6-7H2,1-3H3/b16-9+,26-21?. The van der Waals surface area contributed by atoms with Crippen molar-refractivity contribution in [1.29, 1.82) is 5.41 Å². The van der Waals surface area contributed by atoms with Gasteiger partial charge in [0.05, 0.1) is 22.7 Å². The molecule has 2 aliphatic heterocycles. The zero-order valence-corrected chi connectivity index (χ0v) is 20.8. The van der Waals surface area contributed by atoms with Gasteiger partial charge in [-0.2, -0.15) is 15.1 Å². The van der Waals surface area contributed by atoms with Crippen molar-refractivity contribution in [3.05, 3.63) is 57.1 Å². The van der Waals surface area contributed by atoms with E-state index in [9.17, 15) is 4.79 Å². The van der Waals surface area contributed by atoms with Crippen LogP contribution in [-0.2, 0) is 4.79 Å². The van der Waals surface area contributed by atoms with E-state index in [0.717, 1.165) is 5.56 Å². The average molecular weight is 519 g/mol. The number of fused-ring (bicyclic) bond motifs is 1. The quantitative estimate of drug-likeness (QED) is 0.388. The molecular weight excluding hydrogens is 499 g/mol. The predicted molar refractivity (Wildman–Crippen MR) is 136 cm³/mol. The molecule has 0 aromatic heterocycles.